The van der Waals surface area contributed by atoms with Crippen LogP contribution in [0.2, 0.25) is 15.1 Å². The molecule has 0 atom stereocenters. The molecule has 0 aliphatic rings. The highest BCUT2D eigenvalue weighted by atomic mass is 35.5. The fourth-order valence-corrected chi connectivity index (χ4v) is 2.73. The van der Waals surface area contributed by atoms with Crippen molar-refractivity contribution < 1.29 is 4.79 Å². The average Bonchev–Trinajstić information content (AvgIpc) is 2.36. The lowest BCUT2D eigenvalue weighted by molar-refractivity contribution is 0.0786. The van der Waals surface area contributed by atoms with Crippen molar-refractivity contribution >= 4 is 46.4 Å². The molecular weight excluding hydrogens is 331 g/mol. The molecule has 0 bridgehead atoms. The van der Waals surface area contributed by atoms with Crippen LogP contribution in [-0.4, -0.2) is 17.9 Å². The predicted octanol–water partition coefficient (Wildman–Crippen LogP) is 4.50. The Morgan fingerprint density at radius 1 is 1.05 bits per heavy atom. The maximum absolute atomic E-state index is 12.4. The largest absolute Gasteiger partial charge is 0.398 e. The quantitative estimate of drug-likeness (QED) is 0.834. The molecule has 6 heteroatoms. The maximum Gasteiger partial charge on any atom is 0.255 e. The van der Waals surface area contributed by atoms with Gasteiger partial charge in [-0.1, -0.05) is 34.8 Å². The van der Waals surface area contributed by atoms with Crippen molar-refractivity contribution in [1.29, 1.82) is 0 Å². The van der Waals surface area contributed by atoms with Crippen LogP contribution in [0.25, 0.3) is 0 Å². The van der Waals surface area contributed by atoms with Gasteiger partial charge in [-0.3, -0.25) is 4.79 Å². The number of hydrogen-bond acceptors (Lipinski definition) is 2. The van der Waals surface area contributed by atoms with Gasteiger partial charge in [-0.05, 0) is 42.0 Å². The molecule has 3 nitrogen and oxygen atoms in total. The van der Waals surface area contributed by atoms with Crippen molar-refractivity contribution in [2.45, 2.75) is 6.54 Å². The van der Waals surface area contributed by atoms with E-state index in [0.717, 1.165) is 5.56 Å². The Kier molecular flexibility index (Phi) is 4.99. The van der Waals surface area contributed by atoms with E-state index in [4.69, 9.17) is 40.5 Å². The number of nitrogens with two attached hydrogens (primary N) is 1. The molecule has 0 fully saturated rings. The smallest absolute Gasteiger partial charge is 0.255 e. The van der Waals surface area contributed by atoms with E-state index in [-0.39, 0.29) is 5.91 Å². The first-order chi connectivity index (χ1) is 9.86. The lowest BCUT2D eigenvalue weighted by Gasteiger charge is -2.18. The number of anilines is 1. The first-order valence-electron chi connectivity index (χ1n) is 6.12. The topological polar surface area (TPSA) is 46.3 Å². The number of nitrogen functional groups attached to an aromatic ring is 1. The Morgan fingerprint density at radius 2 is 1.67 bits per heavy atom. The van der Waals surface area contributed by atoms with Crippen LogP contribution in [0, 0.1) is 0 Å². The zero-order valence-corrected chi connectivity index (χ0v) is 13.5. The van der Waals surface area contributed by atoms with Crippen LogP contribution in [0.15, 0.2) is 36.4 Å². The molecular formula is C15H13Cl3N2O. The van der Waals surface area contributed by atoms with Crippen LogP contribution in [0.3, 0.4) is 0 Å². The van der Waals surface area contributed by atoms with Gasteiger partial charge < -0.3 is 10.6 Å². The third-order valence-corrected chi connectivity index (χ3v) is 3.60. The maximum atomic E-state index is 12.4. The minimum atomic E-state index is -0.194. The van der Waals surface area contributed by atoms with E-state index >= 15 is 0 Å². The second kappa shape index (κ2) is 6.56. The van der Waals surface area contributed by atoms with E-state index < -0.39 is 0 Å². The van der Waals surface area contributed by atoms with E-state index in [2.05, 4.69) is 0 Å². The van der Waals surface area contributed by atoms with Gasteiger partial charge in [0, 0.05) is 34.3 Å². The van der Waals surface area contributed by atoms with Crippen molar-refractivity contribution in [1.82, 2.24) is 4.90 Å². The molecule has 110 valence electrons. The molecule has 2 aromatic rings. The number of hydrogen-bond donors (Lipinski definition) is 1. The predicted molar refractivity (Wildman–Crippen MR) is 88.1 cm³/mol. The molecule has 0 heterocycles. The summed E-state index contributed by atoms with van der Waals surface area (Å²) in [4.78, 5) is 13.9. The Morgan fingerprint density at radius 3 is 2.24 bits per heavy atom. The molecule has 0 aromatic heterocycles. The minimum absolute atomic E-state index is 0.194. The normalized spacial score (nSPS) is 10.5. The zero-order valence-electron chi connectivity index (χ0n) is 11.2. The lowest BCUT2D eigenvalue weighted by atomic mass is 10.1. The Labute approximate surface area is 138 Å². The lowest BCUT2D eigenvalue weighted by Crippen LogP contribution is -2.27. The van der Waals surface area contributed by atoms with Crippen molar-refractivity contribution in [3.63, 3.8) is 0 Å². The fourth-order valence-electron chi connectivity index (χ4n) is 1.98. The summed E-state index contributed by atoms with van der Waals surface area (Å²) in [6.45, 7) is 0.376. The van der Waals surface area contributed by atoms with E-state index in [0.29, 0.717) is 32.9 Å². The summed E-state index contributed by atoms with van der Waals surface area (Å²) in [6, 6.07) is 9.98. The number of carbonyl (C=O) groups excluding carboxylic acids is 1. The number of rotatable bonds is 3. The molecule has 0 aliphatic carbocycles. The molecule has 0 aliphatic heterocycles. The molecule has 21 heavy (non-hydrogen) atoms. The van der Waals surface area contributed by atoms with Gasteiger partial charge in [0.05, 0.1) is 5.56 Å². The van der Waals surface area contributed by atoms with E-state index in [1.54, 1.807) is 48.3 Å². The molecule has 0 spiro atoms. The van der Waals surface area contributed by atoms with E-state index in [9.17, 15) is 4.79 Å². The molecule has 0 unspecified atom stereocenters. The van der Waals surface area contributed by atoms with Crippen LogP contribution < -0.4 is 5.73 Å². The summed E-state index contributed by atoms with van der Waals surface area (Å²) in [6.07, 6.45) is 0. The minimum Gasteiger partial charge on any atom is -0.398 e. The molecule has 1 amide bonds. The van der Waals surface area contributed by atoms with Crippen LogP contribution >= 0.6 is 34.8 Å². The molecule has 0 radical (unpaired) electrons. The molecule has 0 saturated carbocycles. The zero-order chi connectivity index (χ0) is 15.6. The van der Waals surface area contributed by atoms with Gasteiger partial charge >= 0.3 is 0 Å². The monoisotopic (exact) mass is 342 g/mol. The highest BCUT2D eigenvalue weighted by Crippen LogP contribution is 2.22. The average molecular weight is 344 g/mol. The van der Waals surface area contributed by atoms with Crippen molar-refractivity contribution in [2.75, 3.05) is 12.8 Å². The van der Waals surface area contributed by atoms with Crippen molar-refractivity contribution in [3.8, 4) is 0 Å². The fraction of sp³-hybridized carbons (Fsp3) is 0.133. The van der Waals surface area contributed by atoms with Crippen LogP contribution in [0.1, 0.15) is 15.9 Å². The highest BCUT2D eigenvalue weighted by molar-refractivity contribution is 6.34. The van der Waals surface area contributed by atoms with Gasteiger partial charge in [-0.2, -0.15) is 0 Å². The Balaban J connectivity index is 2.19. The van der Waals surface area contributed by atoms with Crippen molar-refractivity contribution in [3.05, 3.63) is 62.6 Å². The summed E-state index contributed by atoms with van der Waals surface area (Å²) < 4.78 is 0. The summed E-state index contributed by atoms with van der Waals surface area (Å²) >= 11 is 17.7. The SMILES string of the molecule is CN(Cc1cc(Cl)cc(Cl)c1)C(=O)c1ccc(Cl)cc1N. The van der Waals surface area contributed by atoms with Gasteiger partial charge in [0.25, 0.3) is 5.91 Å². The molecule has 2 rings (SSSR count). The van der Waals surface area contributed by atoms with Gasteiger partial charge in [-0.15, -0.1) is 0 Å². The highest BCUT2D eigenvalue weighted by Gasteiger charge is 2.15. The Bertz CT molecular complexity index is 668. The van der Waals surface area contributed by atoms with Gasteiger partial charge in [0.2, 0.25) is 0 Å². The standard InChI is InChI=1S/C15H13Cl3N2O/c1-20(8-9-4-11(17)6-12(18)5-9)15(21)13-3-2-10(16)7-14(13)19/h2-7H,8,19H2,1H3. The first-order valence-corrected chi connectivity index (χ1v) is 7.25. The van der Waals surface area contributed by atoms with Crippen LogP contribution in [0.4, 0.5) is 5.69 Å². The van der Waals surface area contributed by atoms with Gasteiger partial charge in [0.15, 0.2) is 0 Å². The summed E-state index contributed by atoms with van der Waals surface area (Å²) in [5, 5.41) is 1.56. The third kappa shape index (κ3) is 4.03. The number of halogens is 3. The molecule has 2 N–H and O–H groups in total. The van der Waals surface area contributed by atoms with Gasteiger partial charge in [0.1, 0.15) is 0 Å². The number of carbonyl (C=O) groups is 1. The third-order valence-electron chi connectivity index (χ3n) is 2.93. The van der Waals surface area contributed by atoms with Crippen LogP contribution in [-0.2, 0) is 6.54 Å². The van der Waals surface area contributed by atoms with Gasteiger partial charge in [-0.25, -0.2) is 0 Å². The first kappa shape index (κ1) is 16.0. The summed E-state index contributed by atoms with van der Waals surface area (Å²) in [5.41, 5.74) is 7.43. The summed E-state index contributed by atoms with van der Waals surface area (Å²) in [7, 11) is 1.69. The molecule has 0 saturated heterocycles. The number of amides is 1. The van der Waals surface area contributed by atoms with Crippen molar-refractivity contribution in [2.24, 2.45) is 0 Å². The Hall–Kier alpha value is -1.42. The van der Waals surface area contributed by atoms with E-state index in [1.807, 2.05) is 0 Å². The van der Waals surface area contributed by atoms with Crippen LogP contribution in [0.5, 0.6) is 0 Å². The number of nitrogens with zero attached hydrogens (tertiary/aromatic N) is 1. The second-order valence-corrected chi connectivity index (χ2v) is 5.98. The molecule has 2 aromatic carbocycles. The van der Waals surface area contributed by atoms with E-state index in [1.165, 1.54) is 0 Å². The number of benzene rings is 2. The second-order valence-electron chi connectivity index (χ2n) is 4.67. The summed E-state index contributed by atoms with van der Waals surface area (Å²) in [5.74, 6) is -0.194.